The quantitative estimate of drug-likeness (QED) is 0.613. The molecule has 0 saturated heterocycles. The average molecular weight is 448 g/mol. The fourth-order valence-corrected chi connectivity index (χ4v) is 4.01. The minimum Gasteiger partial charge on any atom is -0.455 e. The summed E-state index contributed by atoms with van der Waals surface area (Å²) < 4.78 is 41.4. The first kappa shape index (κ1) is 22.6. The molecule has 1 aliphatic rings. The number of nitrogens with one attached hydrogen (secondary N) is 1. The highest BCUT2D eigenvalue weighted by Gasteiger charge is 2.24. The number of carbonyl (C=O) groups is 2. The third-order valence-electron chi connectivity index (χ3n) is 4.72. The summed E-state index contributed by atoms with van der Waals surface area (Å²) in [6, 6.07) is 11.2. The molecule has 1 aliphatic heterocycles. The maximum atomic E-state index is 12.5. The molecular formula is C21H24N2O7S. The van der Waals surface area contributed by atoms with Gasteiger partial charge in [-0.15, -0.1) is 0 Å². The van der Waals surface area contributed by atoms with Crippen molar-refractivity contribution < 1.29 is 32.2 Å². The van der Waals surface area contributed by atoms with Crippen LogP contribution in [-0.2, 0) is 24.3 Å². The van der Waals surface area contributed by atoms with Gasteiger partial charge < -0.3 is 19.5 Å². The van der Waals surface area contributed by atoms with Crippen LogP contribution in [0.2, 0.25) is 0 Å². The molecule has 0 radical (unpaired) electrons. The van der Waals surface area contributed by atoms with Crippen LogP contribution in [-0.4, -0.2) is 51.6 Å². The molecule has 0 aliphatic carbocycles. The van der Waals surface area contributed by atoms with E-state index in [0.29, 0.717) is 11.5 Å². The van der Waals surface area contributed by atoms with E-state index in [2.05, 4.69) is 5.32 Å². The fraction of sp³-hybridized carbons (Fsp3) is 0.333. The lowest BCUT2D eigenvalue weighted by Gasteiger charge is -2.17. The van der Waals surface area contributed by atoms with Gasteiger partial charge in [-0.3, -0.25) is 9.59 Å². The van der Waals surface area contributed by atoms with Crippen molar-refractivity contribution in [3.63, 3.8) is 0 Å². The number of ether oxygens (including phenoxy) is 3. The second-order valence-electron chi connectivity index (χ2n) is 7.14. The molecule has 0 aromatic heterocycles. The molecule has 1 N–H and O–H groups in total. The zero-order chi connectivity index (χ0) is 22.6. The van der Waals surface area contributed by atoms with Crippen LogP contribution in [0, 0.1) is 6.92 Å². The summed E-state index contributed by atoms with van der Waals surface area (Å²) in [6.07, 6.45) is 0. The molecule has 10 heteroatoms. The first-order valence-corrected chi connectivity index (χ1v) is 11.0. The van der Waals surface area contributed by atoms with Gasteiger partial charge in [-0.2, -0.15) is 4.31 Å². The third kappa shape index (κ3) is 5.53. The number of hydrogen-bond acceptors (Lipinski definition) is 7. The molecule has 0 saturated carbocycles. The number of benzene rings is 2. The third-order valence-corrected chi connectivity index (χ3v) is 6.54. The summed E-state index contributed by atoms with van der Waals surface area (Å²) in [6.45, 7) is 2.74. The Morgan fingerprint density at radius 2 is 1.81 bits per heavy atom. The standard InChI is InChI=1S/C21H24N2O7S/c1-14-4-7-17(8-5-14)31(26,27)23(3)11-21(25)28-12-20(24)22-15(2)16-6-9-18-19(10-16)30-13-29-18/h4-10,15H,11-13H2,1-3H3,(H,22,24). The van der Waals surface area contributed by atoms with Crippen LogP contribution in [0.4, 0.5) is 0 Å². The molecule has 0 spiro atoms. The number of amides is 1. The molecule has 3 rings (SSSR count). The smallest absolute Gasteiger partial charge is 0.321 e. The molecule has 9 nitrogen and oxygen atoms in total. The number of rotatable bonds is 8. The Balaban J connectivity index is 1.48. The second-order valence-corrected chi connectivity index (χ2v) is 9.18. The van der Waals surface area contributed by atoms with Gasteiger partial charge in [0.15, 0.2) is 18.1 Å². The monoisotopic (exact) mass is 448 g/mol. The number of fused-ring (bicyclic) bond motifs is 1. The number of likely N-dealkylation sites (N-methyl/N-ethyl adjacent to an activating group) is 1. The van der Waals surface area contributed by atoms with Crippen molar-refractivity contribution in [3.8, 4) is 11.5 Å². The van der Waals surface area contributed by atoms with E-state index in [-0.39, 0.29) is 17.7 Å². The first-order chi connectivity index (χ1) is 14.7. The minimum atomic E-state index is -3.84. The lowest BCUT2D eigenvalue weighted by atomic mass is 10.1. The molecular weight excluding hydrogens is 424 g/mol. The topological polar surface area (TPSA) is 111 Å². The number of sulfonamides is 1. The number of carbonyl (C=O) groups excluding carboxylic acids is 2. The maximum absolute atomic E-state index is 12.5. The fourth-order valence-electron chi connectivity index (χ4n) is 2.90. The van der Waals surface area contributed by atoms with Crippen molar-refractivity contribution >= 4 is 21.9 Å². The van der Waals surface area contributed by atoms with Crippen LogP contribution in [0.15, 0.2) is 47.4 Å². The van der Waals surface area contributed by atoms with Gasteiger partial charge in [0.1, 0.15) is 6.54 Å². The Hall–Kier alpha value is -3.11. The van der Waals surface area contributed by atoms with Gasteiger partial charge in [0, 0.05) is 7.05 Å². The van der Waals surface area contributed by atoms with Crippen molar-refractivity contribution in [3.05, 3.63) is 53.6 Å². The molecule has 0 fully saturated rings. The van der Waals surface area contributed by atoms with Gasteiger partial charge in [-0.25, -0.2) is 8.42 Å². The van der Waals surface area contributed by atoms with Crippen LogP contribution in [0.25, 0.3) is 0 Å². The first-order valence-electron chi connectivity index (χ1n) is 9.54. The summed E-state index contributed by atoms with van der Waals surface area (Å²) >= 11 is 0. The number of aryl methyl sites for hydroxylation is 1. The van der Waals surface area contributed by atoms with Crippen molar-refractivity contribution in [1.29, 1.82) is 0 Å². The van der Waals surface area contributed by atoms with Crippen molar-refractivity contribution in [2.24, 2.45) is 0 Å². The minimum absolute atomic E-state index is 0.0729. The molecule has 166 valence electrons. The van der Waals surface area contributed by atoms with E-state index >= 15 is 0 Å². The Morgan fingerprint density at radius 1 is 1.13 bits per heavy atom. The number of nitrogens with zero attached hydrogens (tertiary/aromatic N) is 1. The number of hydrogen-bond donors (Lipinski definition) is 1. The van der Waals surface area contributed by atoms with Crippen molar-refractivity contribution in [2.45, 2.75) is 24.8 Å². The van der Waals surface area contributed by atoms with Gasteiger partial charge in [0.2, 0.25) is 16.8 Å². The van der Waals surface area contributed by atoms with Gasteiger partial charge >= 0.3 is 5.97 Å². The molecule has 2 aromatic carbocycles. The molecule has 0 bridgehead atoms. The number of esters is 1. The van der Waals surface area contributed by atoms with E-state index in [1.54, 1.807) is 37.3 Å². The van der Waals surface area contributed by atoms with Gasteiger partial charge in [-0.1, -0.05) is 23.8 Å². The molecule has 1 amide bonds. The van der Waals surface area contributed by atoms with Crippen LogP contribution in [0.5, 0.6) is 11.5 Å². The normalized spacial score (nSPS) is 13.7. The highest BCUT2D eigenvalue weighted by atomic mass is 32.2. The lowest BCUT2D eigenvalue weighted by molar-refractivity contribution is -0.148. The predicted molar refractivity (Wildman–Crippen MR) is 111 cm³/mol. The lowest BCUT2D eigenvalue weighted by Crippen LogP contribution is -2.36. The van der Waals surface area contributed by atoms with Gasteiger partial charge in [0.05, 0.1) is 10.9 Å². The maximum Gasteiger partial charge on any atom is 0.321 e. The van der Waals surface area contributed by atoms with Crippen LogP contribution >= 0.6 is 0 Å². The Kier molecular flexibility index (Phi) is 6.81. The Morgan fingerprint density at radius 3 is 2.52 bits per heavy atom. The van der Waals surface area contributed by atoms with E-state index < -0.39 is 35.1 Å². The van der Waals surface area contributed by atoms with Gasteiger partial charge in [-0.05, 0) is 43.7 Å². The van der Waals surface area contributed by atoms with E-state index in [9.17, 15) is 18.0 Å². The van der Waals surface area contributed by atoms with Crippen LogP contribution in [0.1, 0.15) is 24.1 Å². The largest absolute Gasteiger partial charge is 0.455 e. The molecule has 2 aromatic rings. The van der Waals surface area contributed by atoms with Crippen LogP contribution < -0.4 is 14.8 Å². The van der Waals surface area contributed by atoms with E-state index in [1.165, 1.54) is 19.2 Å². The zero-order valence-electron chi connectivity index (χ0n) is 17.5. The summed E-state index contributed by atoms with van der Waals surface area (Å²) in [4.78, 5) is 24.2. The Labute approximate surface area is 181 Å². The zero-order valence-corrected chi connectivity index (χ0v) is 18.3. The van der Waals surface area contributed by atoms with Gasteiger partial charge in [0.25, 0.3) is 5.91 Å². The average Bonchev–Trinajstić information content (AvgIpc) is 3.20. The van der Waals surface area contributed by atoms with Crippen LogP contribution in [0.3, 0.4) is 0 Å². The molecule has 31 heavy (non-hydrogen) atoms. The molecule has 1 atom stereocenters. The predicted octanol–water partition coefficient (Wildman–Crippen LogP) is 1.76. The highest BCUT2D eigenvalue weighted by molar-refractivity contribution is 7.89. The van der Waals surface area contributed by atoms with Crippen molar-refractivity contribution in [2.75, 3.05) is 27.0 Å². The van der Waals surface area contributed by atoms with E-state index in [4.69, 9.17) is 14.2 Å². The van der Waals surface area contributed by atoms with E-state index in [1.807, 2.05) is 6.92 Å². The molecule has 1 unspecified atom stereocenters. The highest BCUT2D eigenvalue weighted by Crippen LogP contribution is 2.34. The Bertz CT molecular complexity index is 1070. The molecule has 1 heterocycles. The summed E-state index contributed by atoms with van der Waals surface area (Å²) in [5.41, 5.74) is 1.72. The SMILES string of the molecule is Cc1ccc(S(=O)(=O)N(C)CC(=O)OCC(=O)NC(C)c2ccc3c(c2)OCO3)cc1. The second kappa shape index (κ2) is 9.36. The summed E-state index contributed by atoms with van der Waals surface area (Å²) in [5.74, 6) is -0.101. The summed E-state index contributed by atoms with van der Waals surface area (Å²) in [7, 11) is -2.56. The van der Waals surface area contributed by atoms with Crippen molar-refractivity contribution in [1.82, 2.24) is 9.62 Å². The summed E-state index contributed by atoms with van der Waals surface area (Å²) in [5, 5.41) is 2.71. The van der Waals surface area contributed by atoms with E-state index in [0.717, 1.165) is 15.4 Å².